The van der Waals surface area contributed by atoms with E-state index in [2.05, 4.69) is 49.5 Å². The van der Waals surface area contributed by atoms with Gasteiger partial charge in [-0.05, 0) is 36.1 Å². The lowest BCUT2D eigenvalue weighted by Crippen LogP contribution is -2.13. The highest BCUT2D eigenvalue weighted by molar-refractivity contribution is 5.50. The van der Waals surface area contributed by atoms with E-state index >= 15 is 0 Å². The summed E-state index contributed by atoms with van der Waals surface area (Å²) >= 11 is 0. The molecule has 1 unspecified atom stereocenters. The van der Waals surface area contributed by atoms with Crippen LogP contribution in [0.1, 0.15) is 37.4 Å². The molecular formula is C18H20N2. The first kappa shape index (κ1) is 14.1. The molecule has 0 saturated carbocycles. The fourth-order valence-electron chi connectivity index (χ4n) is 2.31. The molecule has 0 spiro atoms. The zero-order chi connectivity index (χ0) is 14.4. The van der Waals surface area contributed by atoms with Crippen LogP contribution in [-0.2, 0) is 0 Å². The Morgan fingerprint density at radius 2 is 1.80 bits per heavy atom. The molecule has 2 aromatic carbocycles. The van der Waals surface area contributed by atoms with E-state index in [1.165, 1.54) is 5.56 Å². The fraction of sp³-hybridized carbons (Fsp3) is 0.278. The van der Waals surface area contributed by atoms with Crippen LogP contribution in [0.3, 0.4) is 0 Å². The van der Waals surface area contributed by atoms with E-state index in [-0.39, 0.29) is 6.04 Å². The van der Waals surface area contributed by atoms with Crippen LogP contribution < -0.4 is 5.32 Å². The summed E-state index contributed by atoms with van der Waals surface area (Å²) in [5.41, 5.74) is 2.97. The van der Waals surface area contributed by atoms with E-state index < -0.39 is 0 Å². The average molecular weight is 264 g/mol. The first-order valence-corrected chi connectivity index (χ1v) is 7.00. The molecule has 0 aromatic heterocycles. The summed E-state index contributed by atoms with van der Waals surface area (Å²) in [5.74, 6) is 0.604. The first-order chi connectivity index (χ1) is 9.69. The van der Waals surface area contributed by atoms with Gasteiger partial charge in [-0.2, -0.15) is 5.26 Å². The van der Waals surface area contributed by atoms with Crippen LogP contribution >= 0.6 is 0 Å². The molecule has 2 aromatic rings. The molecule has 0 bridgehead atoms. The number of benzene rings is 2. The van der Waals surface area contributed by atoms with Crippen molar-refractivity contribution in [1.82, 2.24) is 0 Å². The highest BCUT2D eigenvalue weighted by Crippen LogP contribution is 2.26. The summed E-state index contributed by atoms with van der Waals surface area (Å²) in [5, 5.41) is 12.5. The van der Waals surface area contributed by atoms with E-state index in [4.69, 9.17) is 5.26 Å². The summed E-state index contributed by atoms with van der Waals surface area (Å²) in [6.07, 6.45) is 1.06. The molecule has 0 saturated heterocycles. The smallest absolute Gasteiger partial charge is 0.0992 e. The third-order valence-corrected chi connectivity index (χ3v) is 3.24. The highest BCUT2D eigenvalue weighted by atomic mass is 14.9. The van der Waals surface area contributed by atoms with Crippen LogP contribution in [0.25, 0.3) is 0 Å². The third-order valence-electron chi connectivity index (χ3n) is 3.24. The van der Waals surface area contributed by atoms with Gasteiger partial charge in [-0.3, -0.25) is 0 Å². The lowest BCUT2D eigenvalue weighted by atomic mass is 9.96. The Morgan fingerprint density at radius 1 is 1.05 bits per heavy atom. The molecule has 1 N–H and O–H groups in total. The Balaban J connectivity index is 2.22. The molecule has 0 heterocycles. The molecule has 0 amide bonds. The van der Waals surface area contributed by atoms with Gasteiger partial charge in [0.15, 0.2) is 0 Å². The number of hydrogen-bond donors (Lipinski definition) is 1. The van der Waals surface area contributed by atoms with Crippen molar-refractivity contribution in [1.29, 1.82) is 5.26 Å². The average Bonchev–Trinajstić information content (AvgIpc) is 2.47. The number of nitrogens with zero attached hydrogens (tertiary/aromatic N) is 1. The van der Waals surface area contributed by atoms with Gasteiger partial charge in [0.1, 0.15) is 0 Å². The van der Waals surface area contributed by atoms with Crippen LogP contribution in [0.15, 0.2) is 54.6 Å². The van der Waals surface area contributed by atoms with Crippen molar-refractivity contribution in [2.45, 2.75) is 26.3 Å². The second-order valence-electron chi connectivity index (χ2n) is 5.43. The summed E-state index contributed by atoms with van der Waals surface area (Å²) < 4.78 is 0. The molecule has 1 atom stereocenters. The minimum Gasteiger partial charge on any atom is -0.378 e. The number of anilines is 1. The van der Waals surface area contributed by atoms with Gasteiger partial charge >= 0.3 is 0 Å². The van der Waals surface area contributed by atoms with E-state index in [1.807, 2.05) is 30.3 Å². The molecule has 0 aliphatic rings. The first-order valence-electron chi connectivity index (χ1n) is 7.00. The highest BCUT2D eigenvalue weighted by Gasteiger charge is 2.13. The fourth-order valence-corrected chi connectivity index (χ4v) is 2.31. The zero-order valence-corrected chi connectivity index (χ0v) is 12.0. The van der Waals surface area contributed by atoms with Gasteiger partial charge < -0.3 is 5.32 Å². The minimum absolute atomic E-state index is 0.269. The van der Waals surface area contributed by atoms with E-state index in [9.17, 15) is 0 Å². The standard InChI is InChI=1S/C18H20N2/c1-14(2)11-18(16-8-4-3-5-9-16)20-17-10-6-7-15(12-17)13-19/h3-10,12,14,18,20H,11H2,1-2H3. The van der Waals surface area contributed by atoms with Gasteiger partial charge in [0.25, 0.3) is 0 Å². The number of nitrogens with one attached hydrogen (secondary N) is 1. The largest absolute Gasteiger partial charge is 0.378 e. The molecule has 20 heavy (non-hydrogen) atoms. The number of nitriles is 1. The van der Waals surface area contributed by atoms with Crippen molar-refractivity contribution < 1.29 is 0 Å². The molecule has 2 nitrogen and oxygen atoms in total. The molecule has 102 valence electrons. The second-order valence-corrected chi connectivity index (χ2v) is 5.43. The van der Waals surface area contributed by atoms with Crippen molar-refractivity contribution >= 4 is 5.69 Å². The zero-order valence-electron chi connectivity index (χ0n) is 12.0. The Morgan fingerprint density at radius 3 is 2.45 bits per heavy atom. The van der Waals surface area contributed by atoms with Gasteiger partial charge in [0, 0.05) is 5.69 Å². The Labute approximate surface area is 121 Å². The molecule has 0 fully saturated rings. The molecule has 0 aliphatic carbocycles. The second kappa shape index (κ2) is 6.77. The van der Waals surface area contributed by atoms with Crippen LogP contribution in [0.5, 0.6) is 0 Å². The maximum absolute atomic E-state index is 8.98. The van der Waals surface area contributed by atoms with Crippen molar-refractivity contribution in [3.63, 3.8) is 0 Å². The van der Waals surface area contributed by atoms with Crippen LogP contribution in [0.4, 0.5) is 5.69 Å². The van der Waals surface area contributed by atoms with Crippen molar-refractivity contribution in [3.8, 4) is 6.07 Å². The Kier molecular flexibility index (Phi) is 4.79. The van der Waals surface area contributed by atoms with E-state index in [0.29, 0.717) is 11.5 Å². The number of hydrogen-bond acceptors (Lipinski definition) is 2. The summed E-state index contributed by atoms with van der Waals surface area (Å²) in [7, 11) is 0. The predicted octanol–water partition coefficient (Wildman–Crippen LogP) is 4.76. The van der Waals surface area contributed by atoms with Gasteiger partial charge in [0.2, 0.25) is 0 Å². The molecular weight excluding hydrogens is 244 g/mol. The lowest BCUT2D eigenvalue weighted by Gasteiger charge is -2.22. The molecule has 0 radical (unpaired) electrons. The predicted molar refractivity (Wildman–Crippen MR) is 83.4 cm³/mol. The maximum Gasteiger partial charge on any atom is 0.0992 e. The Bertz CT molecular complexity index is 582. The third kappa shape index (κ3) is 3.86. The van der Waals surface area contributed by atoms with Crippen molar-refractivity contribution in [2.24, 2.45) is 5.92 Å². The quantitative estimate of drug-likeness (QED) is 0.845. The monoisotopic (exact) mass is 264 g/mol. The van der Waals surface area contributed by atoms with Crippen LogP contribution in [0, 0.1) is 17.2 Å². The number of rotatable bonds is 5. The van der Waals surface area contributed by atoms with Gasteiger partial charge in [-0.1, -0.05) is 50.2 Å². The normalized spacial score (nSPS) is 11.9. The van der Waals surface area contributed by atoms with Gasteiger partial charge in [-0.15, -0.1) is 0 Å². The summed E-state index contributed by atoms with van der Waals surface area (Å²) in [6.45, 7) is 4.45. The maximum atomic E-state index is 8.98. The molecule has 2 rings (SSSR count). The Hall–Kier alpha value is -2.27. The lowest BCUT2D eigenvalue weighted by molar-refractivity contribution is 0.531. The van der Waals surface area contributed by atoms with Crippen molar-refractivity contribution in [2.75, 3.05) is 5.32 Å². The van der Waals surface area contributed by atoms with Crippen LogP contribution in [-0.4, -0.2) is 0 Å². The van der Waals surface area contributed by atoms with Gasteiger partial charge in [0.05, 0.1) is 17.7 Å². The summed E-state index contributed by atoms with van der Waals surface area (Å²) in [4.78, 5) is 0. The van der Waals surface area contributed by atoms with Crippen molar-refractivity contribution in [3.05, 3.63) is 65.7 Å². The van der Waals surface area contributed by atoms with Gasteiger partial charge in [-0.25, -0.2) is 0 Å². The SMILES string of the molecule is CC(C)CC(Nc1cccc(C#N)c1)c1ccccc1. The summed E-state index contributed by atoms with van der Waals surface area (Å²) in [6, 6.07) is 20.6. The molecule has 2 heteroatoms. The topological polar surface area (TPSA) is 35.8 Å². The minimum atomic E-state index is 0.269. The van der Waals surface area contributed by atoms with Crippen LogP contribution in [0.2, 0.25) is 0 Å². The van der Waals surface area contributed by atoms with E-state index in [1.54, 1.807) is 0 Å². The molecule has 0 aliphatic heterocycles. The van der Waals surface area contributed by atoms with E-state index in [0.717, 1.165) is 12.1 Å².